The van der Waals surface area contributed by atoms with Crippen LogP contribution in [0.2, 0.25) is 0 Å². The summed E-state index contributed by atoms with van der Waals surface area (Å²) in [7, 11) is -7.62. The van der Waals surface area contributed by atoms with Crippen LogP contribution in [0.4, 0.5) is 0 Å². The van der Waals surface area contributed by atoms with Gasteiger partial charge in [-0.2, -0.15) is 16.8 Å². The largest absolute Gasteiger partial charge is 0.491 e. The van der Waals surface area contributed by atoms with Gasteiger partial charge in [0.05, 0.1) is 89.1 Å². The molecule has 0 unspecified atom stereocenters. The molecule has 0 aromatic heterocycles. The van der Waals surface area contributed by atoms with Gasteiger partial charge in [0.1, 0.15) is 49.4 Å². The van der Waals surface area contributed by atoms with Gasteiger partial charge in [-0.1, -0.05) is 35.4 Å². The molecule has 17 heteroatoms. The molecular weight excluding hydrogens is 809 g/mol. The highest BCUT2D eigenvalue weighted by atomic mass is 32.2. The summed E-state index contributed by atoms with van der Waals surface area (Å²) in [6, 6.07) is 27.3. The molecule has 4 aromatic carbocycles. The first kappa shape index (κ1) is 47.4. The summed E-state index contributed by atoms with van der Waals surface area (Å²) in [4.78, 5) is 0.229. The Morgan fingerprint density at radius 3 is 0.780 bits per heavy atom. The molecule has 0 radical (unpaired) electrons. The fourth-order valence-electron chi connectivity index (χ4n) is 4.84. The fourth-order valence-corrected chi connectivity index (χ4v) is 6.62. The van der Waals surface area contributed by atoms with Crippen molar-refractivity contribution in [2.45, 2.75) is 23.6 Å². The van der Waals surface area contributed by atoms with Gasteiger partial charge in [-0.3, -0.25) is 8.37 Å². The van der Waals surface area contributed by atoms with Crippen molar-refractivity contribution >= 4 is 20.2 Å². The summed E-state index contributed by atoms with van der Waals surface area (Å²) in [6.45, 7) is 8.27. The lowest BCUT2D eigenvalue weighted by molar-refractivity contribution is 0.00498. The maximum atomic E-state index is 12.2. The van der Waals surface area contributed by atoms with Gasteiger partial charge in [0.25, 0.3) is 20.2 Å². The maximum Gasteiger partial charge on any atom is 0.297 e. The van der Waals surface area contributed by atoms with Gasteiger partial charge in [0.2, 0.25) is 0 Å². The third-order valence-corrected chi connectivity index (χ3v) is 10.6. The van der Waals surface area contributed by atoms with Crippen LogP contribution in [0.5, 0.6) is 23.0 Å². The minimum Gasteiger partial charge on any atom is -0.491 e. The average molecular weight is 863 g/mol. The van der Waals surface area contributed by atoms with Gasteiger partial charge < -0.3 is 42.6 Å². The van der Waals surface area contributed by atoms with Crippen molar-refractivity contribution in [3.63, 3.8) is 0 Å². The Labute approximate surface area is 347 Å². The monoisotopic (exact) mass is 862 g/mol. The molecule has 0 aliphatic heterocycles. The topological polar surface area (TPSA) is 170 Å². The van der Waals surface area contributed by atoms with Crippen molar-refractivity contribution in [3.8, 4) is 23.0 Å². The second-order valence-electron chi connectivity index (χ2n) is 12.6. The minimum absolute atomic E-state index is 0.0853. The normalized spacial score (nSPS) is 11.7. The third-order valence-electron chi connectivity index (χ3n) is 7.93. The van der Waals surface area contributed by atoms with E-state index >= 15 is 0 Å². The molecule has 15 nitrogen and oxygen atoms in total. The van der Waals surface area contributed by atoms with E-state index < -0.39 is 20.2 Å². The van der Waals surface area contributed by atoms with Crippen LogP contribution >= 0.6 is 0 Å². The first-order valence-corrected chi connectivity index (χ1v) is 21.9. The average Bonchev–Trinajstić information content (AvgIpc) is 3.23. The molecule has 324 valence electrons. The van der Waals surface area contributed by atoms with Gasteiger partial charge in [-0.05, 0) is 86.6 Å². The molecule has 0 aliphatic carbocycles. The van der Waals surface area contributed by atoms with Crippen LogP contribution < -0.4 is 18.9 Å². The van der Waals surface area contributed by atoms with Gasteiger partial charge in [0.15, 0.2) is 0 Å². The fraction of sp³-hybridized carbons (Fsp3) is 0.429. The van der Waals surface area contributed by atoms with E-state index in [9.17, 15) is 16.8 Å². The van der Waals surface area contributed by atoms with Crippen molar-refractivity contribution in [3.05, 3.63) is 108 Å². The Morgan fingerprint density at radius 1 is 0.305 bits per heavy atom. The third kappa shape index (κ3) is 19.5. The zero-order chi connectivity index (χ0) is 42.0. The predicted molar refractivity (Wildman–Crippen MR) is 218 cm³/mol. The van der Waals surface area contributed by atoms with Crippen molar-refractivity contribution in [2.75, 3.05) is 106 Å². The highest BCUT2D eigenvalue weighted by Crippen LogP contribution is 2.19. The second kappa shape index (κ2) is 26.7. The maximum absolute atomic E-state index is 12.2. The van der Waals surface area contributed by atoms with Crippen LogP contribution in [0.25, 0.3) is 0 Å². The first-order valence-electron chi connectivity index (χ1n) is 19.1. The number of hydrogen-bond acceptors (Lipinski definition) is 15. The zero-order valence-corrected chi connectivity index (χ0v) is 35.1. The van der Waals surface area contributed by atoms with E-state index in [0.29, 0.717) is 89.1 Å². The van der Waals surface area contributed by atoms with Crippen LogP contribution in [0.1, 0.15) is 11.1 Å². The Hall–Kier alpha value is -4.30. The molecular formula is C42H54O15S2. The lowest BCUT2D eigenvalue weighted by Crippen LogP contribution is -2.14. The first-order chi connectivity index (χ1) is 28.6. The van der Waals surface area contributed by atoms with E-state index in [2.05, 4.69) is 0 Å². The minimum atomic E-state index is -3.81. The lowest BCUT2D eigenvalue weighted by Gasteiger charge is -2.10. The van der Waals surface area contributed by atoms with Crippen molar-refractivity contribution in [2.24, 2.45) is 0 Å². The quantitative estimate of drug-likeness (QED) is 0.0451. The Bertz CT molecular complexity index is 1800. The van der Waals surface area contributed by atoms with Gasteiger partial charge in [-0.15, -0.1) is 0 Å². The van der Waals surface area contributed by atoms with Crippen LogP contribution in [0.15, 0.2) is 107 Å². The SMILES string of the molecule is Cc1ccc(S(=O)(=O)OCCOCCOc2ccc(OCCOCCOCCOCCOc3ccc(OCCOCCOS(=O)(=O)c4ccc(C)cc4)cc3)cc2)cc1. The standard InChI is InChI=1S/C42H54O15S2/c1-35-3-15-41(16-4-35)58(43,44)56-33-27-50-25-31-54-39-11-7-37(8-12-39)52-29-23-48-21-19-47-20-22-49-24-30-53-38-9-13-40(14-10-38)55-32-26-51-28-34-57-59(45,46)42-17-5-36(2)6-18-42/h3-18H,19-34H2,1-2H3. The number of ether oxygens (including phenoxy) is 9. The molecule has 0 heterocycles. The van der Waals surface area contributed by atoms with E-state index in [4.69, 9.17) is 51.0 Å². The molecule has 0 atom stereocenters. The number of hydrogen-bond donors (Lipinski definition) is 0. The van der Waals surface area contributed by atoms with E-state index in [1.165, 1.54) is 24.3 Å². The Kier molecular flexibility index (Phi) is 21.5. The molecule has 0 saturated carbocycles. The van der Waals surface area contributed by atoms with Gasteiger partial charge >= 0.3 is 0 Å². The predicted octanol–water partition coefficient (Wildman–Crippen LogP) is 5.41. The molecule has 0 fully saturated rings. The molecule has 59 heavy (non-hydrogen) atoms. The molecule has 4 rings (SSSR count). The van der Waals surface area contributed by atoms with Crippen LogP contribution in [0, 0.1) is 13.8 Å². The number of aryl methyl sites for hydroxylation is 2. The lowest BCUT2D eigenvalue weighted by atomic mass is 10.2. The molecule has 0 amide bonds. The second-order valence-corrected chi connectivity index (χ2v) is 15.8. The molecule has 0 aliphatic rings. The van der Waals surface area contributed by atoms with E-state index in [-0.39, 0.29) is 49.4 Å². The van der Waals surface area contributed by atoms with E-state index in [1.54, 1.807) is 72.8 Å². The molecule has 4 aromatic rings. The molecule has 0 saturated heterocycles. The molecule has 0 bridgehead atoms. The smallest absolute Gasteiger partial charge is 0.297 e. The van der Waals surface area contributed by atoms with Crippen LogP contribution in [-0.4, -0.2) is 123 Å². The van der Waals surface area contributed by atoms with Crippen LogP contribution in [-0.2, 0) is 52.3 Å². The van der Waals surface area contributed by atoms with Gasteiger partial charge in [0, 0.05) is 0 Å². The van der Waals surface area contributed by atoms with E-state index in [1.807, 2.05) is 13.8 Å². The summed E-state index contributed by atoms with van der Waals surface area (Å²) in [5.41, 5.74) is 1.93. The highest BCUT2D eigenvalue weighted by Gasteiger charge is 2.15. The highest BCUT2D eigenvalue weighted by molar-refractivity contribution is 7.87. The van der Waals surface area contributed by atoms with Gasteiger partial charge in [-0.25, -0.2) is 0 Å². The van der Waals surface area contributed by atoms with Crippen molar-refractivity contribution in [1.82, 2.24) is 0 Å². The Balaban J connectivity index is 0.885. The Morgan fingerprint density at radius 2 is 0.525 bits per heavy atom. The summed E-state index contributed by atoms with van der Waals surface area (Å²) in [6.07, 6.45) is 0. The molecule has 0 N–H and O–H groups in total. The van der Waals surface area contributed by atoms with Crippen LogP contribution in [0.3, 0.4) is 0 Å². The zero-order valence-electron chi connectivity index (χ0n) is 33.5. The summed E-state index contributed by atoms with van der Waals surface area (Å²) < 4.78 is 109. The summed E-state index contributed by atoms with van der Waals surface area (Å²) in [5, 5.41) is 0. The summed E-state index contributed by atoms with van der Waals surface area (Å²) in [5.74, 6) is 2.67. The number of rotatable bonds is 32. The van der Waals surface area contributed by atoms with Crippen molar-refractivity contribution < 1.29 is 67.8 Å². The number of benzene rings is 4. The van der Waals surface area contributed by atoms with E-state index in [0.717, 1.165) is 11.1 Å². The molecule has 0 spiro atoms. The summed E-state index contributed by atoms with van der Waals surface area (Å²) >= 11 is 0. The van der Waals surface area contributed by atoms with Crippen molar-refractivity contribution in [1.29, 1.82) is 0 Å².